The lowest BCUT2D eigenvalue weighted by atomic mass is 10.0. The van der Waals surface area contributed by atoms with E-state index in [2.05, 4.69) is 13.5 Å². The number of hydrogen-bond donors (Lipinski definition) is 1. The molecule has 1 aromatic carbocycles. The van der Waals surface area contributed by atoms with Gasteiger partial charge in [0, 0.05) is 6.54 Å². The van der Waals surface area contributed by atoms with Crippen molar-refractivity contribution >= 4 is 28.9 Å². The van der Waals surface area contributed by atoms with E-state index in [4.69, 9.17) is 17.3 Å². The van der Waals surface area contributed by atoms with Crippen molar-refractivity contribution in [1.82, 2.24) is 18.7 Å². The maximum Gasteiger partial charge on any atom is 0.263 e. The Kier molecular flexibility index (Phi) is 4.97. The first-order valence-electron chi connectivity index (χ1n) is 9.72. The lowest BCUT2D eigenvalue weighted by Crippen LogP contribution is -3.15. The minimum Gasteiger partial charge on any atom is -0.314 e. The number of para-hydroxylation sites is 1. The van der Waals surface area contributed by atoms with Crippen molar-refractivity contribution in [2.24, 2.45) is 0 Å². The van der Waals surface area contributed by atoms with E-state index in [-0.39, 0.29) is 5.56 Å². The van der Waals surface area contributed by atoms with Gasteiger partial charge in [-0.15, -0.1) is 11.7 Å². The third-order valence-corrected chi connectivity index (χ3v) is 6.11. The highest BCUT2D eigenvalue weighted by Gasteiger charge is 2.26. The molecule has 1 saturated heterocycles. The molecule has 1 unspecified atom stereocenters. The molecule has 142 valence electrons. The summed E-state index contributed by atoms with van der Waals surface area (Å²) >= 11 is 5.79. The second kappa shape index (κ2) is 7.40. The predicted octanol–water partition coefficient (Wildman–Crippen LogP) is 2.17. The van der Waals surface area contributed by atoms with Gasteiger partial charge < -0.3 is 4.90 Å². The minimum absolute atomic E-state index is 0.0538. The van der Waals surface area contributed by atoms with E-state index < -0.39 is 0 Å². The Hall–Kier alpha value is -2.25. The van der Waals surface area contributed by atoms with Crippen LogP contribution in [0.1, 0.15) is 32.6 Å². The van der Waals surface area contributed by atoms with Crippen molar-refractivity contribution in [2.75, 3.05) is 6.54 Å². The lowest BCUT2D eigenvalue weighted by Gasteiger charge is -2.31. The third kappa shape index (κ3) is 3.04. The van der Waals surface area contributed by atoms with E-state index >= 15 is 0 Å². The molecule has 0 amide bonds. The van der Waals surface area contributed by atoms with Crippen LogP contribution in [0.15, 0.2) is 41.7 Å². The summed E-state index contributed by atoms with van der Waals surface area (Å²) in [5, 5.41) is 5.43. The van der Waals surface area contributed by atoms with Crippen molar-refractivity contribution < 1.29 is 4.90 Å². The van der Waals surface area contributed by atoms with Crippen LogP contribution in [0.2, 0.25) is 0 Å². The van der Waals surface area contributed by atoms with Crippen molar-refractivity contribution in [3.63, 3.8) is 0 Å². The molecule has 3 heterocycles. The molecule has 6 nitrogen and oxygen atoms in total. The first kappa shape index (κ1) is 18.1. The predicted molar refractivity (Wildman–Crippen MR) is 110 cm³/mol. The fourth-order valence-corrected chi connectivity index (χ4v) is 4.59. The number of quaternary nitrogens is 1. The minimum atomic E-state index is -0.0538. The summed E-state index contributed by atoms with van der Waals surface area (Å²) in [7, 11) is 0. The zero-order valence-corrected chi connectivity index (χ0v) is 16.5. The SMILES string of the molecule is C=CCn1c(=O)c2ccccc2n2c(=S)n(C[NH+]3CCCC[C@@H]3CC)nc12. The Labute approximate surface area is 163 Å². The average Bonchev–Trinajstić information content (AvgIpc) is 3.02. The maximum atomic E-state index is 13.0. The van der Waals surface area contributed by atoms with Crippen LogP contribution in [0.25, 0.3) is 16.7 Å². The molecule has 27 heavy (non-hydrogen) atoms. The van der Waals surface area contributed by atoms with Gasteiger partial charge in [-0.3, -0.25) is 13.8 Å². The molecule has 0 aliphatic carbocycles. The molecule has 0 bridgehead atoms. The standard InChI is InChI=1S/C20H25N5OS/c1-3-12-23-18(26)16-10-5-6-11-17(16)25-19(23)21-24(20(25)27)14-22-13-8-7-9-15(22)4-2/h3,5-6,10-11,15H,1,4,7-9,12-14H2,2H3/p+1/t15-/m0/s1. The maximum absolute atomic E-state index is 13.0. The molecule has 0 radical (unpaired) electrons. The molecular weight excluding hydrogens is 358 g/mol. The zero-order chi connectivity index (χ0) is 19.0. The highest BCUT2D eigenvalue weighted by molar-refractivity contribution is 7.71. The van der Waals surface area contributed by atoms with Gasteiger partial charge in [0.25, 0.3) is 5.56 Å². The van der Waals surface area contributed by atoms with Gasteiger partial charge in [-0.2, -0.15) is 4.68 Å². The second-order valence-electron chi connectivity index (χ2n) is 7.31. The summed E-state index contributed by atoms with van der Waals surface area (Å²) in [6.07, 6.45) is 6.71. The quantitative estimate of drug-likeness (QED) is 0.542. The highest BCUT2D eigenvalue weighted by atomic mass is 32.1. The molecule has 4 rings (SSSR count). The Morgan fingerprint density at radius 2 is 2.19 bits per heavy atom. The lowest BCUT2D eigenvalue weighted by molar-refractivity contribution is -0.953. The largest absolute Gasteiger partial charge is 0.314 e. The number of benzene rings is 1. The summed E-state index contributed by atoms with van der Waals surface area (Å²) in [6, 6.07) is 8.25. The van der Waals surface area contributed by atoms with Crippen LogP contribution < -0.4 is 10.5 Å². The van der Waals surface area contributed by atoms with Crippen molar-refractivity contribution in [1.29, 1.82) is 0 Å². The molecule has 1 aliphatic heterocycles. The third-order valence-electron chi connectivity index (χ3n) is 5.72. The van der Waals surface area contributed by atoms with E-state index in [1.54, 1.807) is 10.6 Å². The monoisotopic (exact) mass is 384 g/mol. The van der Waals surface area contributed by atoms with Crippen molar-refractivity contribution in [3.05, 3.63) is 52.0 Å². The molecule has 0 spiro atoms. The molecular formula is C20H26N5OS+. The van der Waals surface area contributed by atoms with Gasteiger partial charge >= 0.3 is 0 Å². The summed E-state index contributed by atoms with van der Waals surface area (Å²) in [4.78, 5) is 14.5. The summed E-state index contributed by atoms with van der Waals surface area (Å²) in [5.41, 5.74) is 0.761. The van der Waals surface area contributed by atoms with Gasteiger partial charge in [0.15, 0.2) is 6.67 Å². The summed E-state index contributed by atoms with van der Waals surface area (Å²) in [5.74, 6) is 0.591. The van der Waals surface area contributed by atoms with Gasteiger partial charge in [-0.1, -0.05) is 25.1 Å². The number of likely N-dealkylation sites (tertiary alicyclic amines) is 1. The number of allylic oxidation sites excluding steroid dienone is 1. The molecule has 0 saturated carbocycles. The fourth-order valence-electron chi connectivity index (χ4n) is 4.31. The number of fused-ring (bicyclic) bond motifs is 3. The van der Waals surface area contributed by atoms with Crippen LogP contribution in [-0.2, 0) is 13.2 Å². The van der Waals surface area contributed by atoms with E-state index in [1.165, 1.54) is 30.6 Å². The molecule has 2 atom stereocenters. The number of piperidine rings is 1. The number of rotatable bonds is 5. The van der Waals surface area contributed by atoms with Gasteiger partial charge in [-0.05, 0) is 50.0 Å². The molecule has 3 aromatic rings. The molecule has 7 heteroatoms. The van der Waals surface area contributed by atoms with Gasteiger partial charge in [0.2, 0.25) is 10.5 Å². The zero-order valence-electron chi connectivity index (χ0n) is 15.7. The van der Waals surface area contributed by atoms with E-state index in [0.717, 1.165) is 18.7 Å². The van der Waals surface area contributed by atoms with Gasteiger partial charge in [-0.25, -0.2) is 0 Å². The van der Waals surface area contributed by atoms with Gasteiger partial charge in [0.1, 0.15) is 0 Å². The Morgan fingerprint density at radius 1 is 1.37 bits per heavy atom. The van der Waals surface area contributed by atoms with E-state index in [1.807, 2.05) is 33.3 Å². The van der Waals surface area contributed by atoms with Crippen LogP contribution in [0.4, 0.5) is 0 Å². The average molecular weight is 385 g/mol. The van der Waals surface area contributed by atoms with Crippen LogP contribution in [0.3, 0.4) is 0 Å². The van der Waals surface area contributed by atoms with Crippen molar-refractivity contribution in [2.45, 2.75) is 51.9 Å². The summed E-state index contributed by atoms with van der Waals surface area (Å²) < 4.78 is 6.14. The Bertz CT molecular complexity index is 1110. The topological polar surface area (TPSA) is 48.7 Å². The van der Waals surface area contributed by atoms with E-state index in [9.17, 15) is 4.79 Å². The van der Waals surface area contributed by atoms with Crippen LogP contribution >= 0.6 is 12.2 Å². The Morgan fingerprint density at radius 3 is 2.96 bits per heavy atom. The first-order valence-corrected chi connectivity index (χ1v) is 10.1. The number of hydrogen-bond acceptors (Lipinski definition) is 3. The van der Waals surface area contributed by atoms with Gasteiger partial charge in [0.05, 0.1) is 23.5 Å². The first-order chi connectivity index (χ1) is 13.2. The molecule has 1 N–H and O–H groups in total. The smallest absolute Gasteiger partial charge is 0.263 e. The number of nitrogens with one attached hydrogen (secondary N) is 1. The van der Waals surface area contributed by atoms with Crippen molar-refractivity contribution in [3.8, 4) is 0 Å². The number of nitrogens with zero attached hydrogens (tertiary/aromatic N) is 4. The summed E-state index contributed by atoms with van der Waals surface area (Å²) in [6.45, 7) is 8.35. The fraction of sp³-hybridized carbons (Fsp3) is 0.450. The highest BCUT2D eigenvalue weighted by Crippen LogP contribution is 2.14. The normalized spacial score (nSPS) is 20.3. The number of aromatic nitrogens is 4. The second-order valence-corrected chi connectivity index (χ2v) is 7.67. The van der Waals surface area contributed by atoms with Crippen LogP contribution in [-0.4, -0.2) is 31.3 Å². The molecule has 1 fully saturated rings. The van der Waals surface area contributed by atoms with E-state index in [0.29, 0.717) is 28.5 Å². The molecule has 2 aromatic heterocycles. The van der Waals surface area contributed by atoms with Crippen LogP contribution in [0, 0.1) is 4.77 Å². The Balaban J connectivity index is 1.91. The van der Waals surface area contributed by atoms with Crippen LogP contribution in [0.5, 0.6) is 0 Å². The molecule has 1 aliphatic rings.